The van der Waals surface area contributed by atoms with E-state index in [0.29, 0.717) is 17.7 Å². The lowest BCUT2D eigenvalue weighted by molar-refractivity contribution is 0.0262. The first-order valence-electron chi connectivity index (χ1n) is 13.0. The number of hydrogen-bond acceptors (Lipinski definition) is 7. The fourth-order valence-corrected chi connectivity index (χ4v) is 5.75. The fraction of sp³-hybridized carbons (Fsp3) is 0.355. The van der Waals surface area contributed by atoms with E-state index < -0.39 is 23.6 Å². The zero-order valence-electron chi connectivity index (χ0n) is 22.4. The predicted molar refractivity (Wildman–Crippen MR) is 147 cm³/mol. The van der Waals surface area contributed by atoms with Gasteiger partial charge in [0.1, 0.15) is 17.3 Å². The van der Waals surface area contributed by atoms with Crippen LogP contribution >= 0.6 is 0 Å². The van der Waals surface area contributed by atoms with Gasteiger partial charge in [-0.05, 0) is 62.5 Å². The molecule has 0 bridgehead atoms. The van der Waals surface area contributed by atoms with Crippen LogP contribution < -0.4 is 0 Å². The number of carbonyl (C=O) groups excluding carboxylic acids is 2. The van der Waals surface area contributed by atoms with Gasteiger partial charge in [0, 0.05) is 54.6 Å². The van der Waals surface area contributed by atoms with Crippen molar-refractivity contribution in [3.63, 3.8) is 0 Å². The second kappa shape index (κ2) is 12.1. The summed E-state index contributed by atoms with van der Waals surface area (Å²) in [7, 11) is 3.77. The largest absolute Gasteiger partial charge is 0.508 e. The number of likely N-dealkylation sites (tertiary alicyclic amines) is 1. The normalized spacial score (nSPS) is 20.6. The molecule has 0 radical (unpaired) electrons. The van der Waals surface area contributed by atoms with Crippen LogP contribution in [0.1, 0.15) is 37.8 Å². The van der Waals surface area contributed by atoms with Gasteiger partial charge in [-0.3, -0.25) is 14.5 Å². The van der Waals surface area contributed by atoms with Crippen LogP contribution in [0.2, 0.25) is 0 Å². The second-order valence-corrected chi connectivity index (χ2v) is 10.6. The van der Waals surface area contributed by atoms with Crippen LogP contribution in [0.25, 0.3) is 0 Å². The van der Waals surface area contributed by atoms with Gasteiger partial charge in [0.15, 0.2) is 11.6 Å². The molecule has 4 rings (SSSR count). The Labute approximate surface area is 228 Å². The molecule has 1 heterocycles. The molecule has 3 aromatic rings. The summed E-state index contributed by atoms with van der Waals surface area (Å²) in [5.74, 6) is -3.32. The maximum Gasteiger partial charge on any atom is 0.167 e. The van der Waals surface area contributed by atoms with Crippen molar-refractivity contribution >= 4 is 11.6 Å². The summed E-state index contributed by atoms with van der Waals surface area (Å²) in [6.45, 7) is 2.43. The topological polar surface area (TPSA) is 101 Å². The zero-order chi connectivity index (χ0) is 28.3. The highest BCUT2D eigenvalue weighted by Crippen LogP contribution is 2.43. The van der Waals surface area contributed by atoms with E-state index in [2.05, 4.69) is 0 Å². The van der Waals surface area contributed by atoms with Gasteiger partial charge in [-0.15, -0.1) is 0 Å². The molecule has 0 amide bonds. The van der Waals surface area contributed by atoms with E-state index >= 15 is 0 Å². The number of nitrogens with zero attached hydrogens (tertiary/aromatic N) is 2. The third kappa shape index (κ3) is 6.19. The van der Waals surface area contributed by atoms with Crippen LogP contribution in [0.15, 0.2) is 66.7 Å². The molecule has 0 aliphatic carbocycles. The van der Waals surface area contributed by atoms with Gasteiger partial charge in [0.2, 0.25) is 0 Å². The molecule has 3 unspecified atom stereocenters. The Morgan fingerprint density at radius 2 is 1.44 bits per heavy atom. The van der Waals surface area contributed by atoms with E-state index in [9.17, 15) is 29.3 Å². The first-order valence-corrected chi connectivity index (χ1v) is 13.0. The molecule has 3 aromatic carbocycles. The predicted octanol–water partition coefficient (Wildman–Crippen LogP) is 3.87. The summed E-state index contributed by atoms with van der Waals surface area (Å²) < 4.78 is 14.9. The lowest BCUT2D eigenvalue weighted by Crippen LogP contribution is -2.56. The number of piperidine rings is 1. The first-order chi connectivity index (χ1) is 18.6. The van der Waals surface area contributed by atoms with Crippen molar-refractivity contribution in [2.75, 3.05) is 40.3 Å². The molecule has 8 heteroatoms. The van der Waals surface area contributed by atoms with Gasteiger partial charge in [0.05, 0.1) is 6.61 Å². The molecule has 1 saturated heterocycles. The number of halogens is 1. The highest BCUT2D eigenvalue weighted by atomic mass is 19.1. The van der Waals surface area contributed by atoms with Gasteiger partial charge in [0.25, 0.3) is 0 Å². The van der Waals surface area contributed by atoms with Crippen molar-refractivity contribution in [2.24, 2.45) is 11.8 Å². The molecule has 3 atom stereocenters. The Morgan fingerprint density at radius 3 is 1.90 bits per heavy atom. The molecular formula is C31H35FN2O5. The van der Waals surface area contributed by atoms with Gasteiger partial charge in [-0.25, -0.2) is 4.39 Å². The zero-order valence-corrected chi connectivity index (χ0v) is 22.4. The fourth-order valence-electron chi connectivity index (χ4n) is 5.75. The van der Waals surface area contributed by atoms with E-state index in [1.54, 1.807) is 43.3 Å². The smallest absolute Gasteiger partial charge is 0.167 e. The average molecular weight is 535 g/mol. The third-order valence-corrected chi connectivity index (χ3v) is 7.64. The number of ketones is 2. The molecule has 1 aliphatic heterocycles. The summed E-state index contributed by atoms with van der Waals surface area (Å²) in [6, 6.07) is 16.5. The number of Topliss-reactive ketones (excluding diaryl/α,β-unsaturated/α-hetero) is 2. The van der Waals surface area contributed by atoms with E-state index in [1.807, 2.05) is 23.9 Å². The molecule has 7 nitrogen and oxygen atoms in total. The van der Waals surface area contributed by atoms with Crippen molar-refractivity contribution in [3.05, 3.63) is 94.8 Å². The summed E-state index contributed by atoms with van der Waals surface area (Å²) in [5.41, 5.74) is 1.51. The molecule has 1 fully saturated rings. The van der Waals surface area contributed by atoms with E-state index in [0.717, 1.165) is 0 Å². The van der Waals surface area contributed by atoms with E-state index in [4.69, 9.17) is 0 Å². The standard InChI is InChI=1S/C31H35FN2O5/c1-19-25(11-6-12-28(19)32)29-26(30(38)20-7-4-9-23(36)13-20)16-34(22(18-35)15-33(2)3)17-27(29)31(39)21-8-5-10-24(37)14-21/h4-14,22,26-27,29,35-37H,15-18H2,1-3H3. The minimum Gasteiger partial charge on any atom is -0.508 e. The minimum atomic E-state index is -0.775. The average Bonchev–Trinajstić information content (AvgIpc) is 2.91. The maximum absolute atomic E-state index is 14.9. The number of aliphatic hydroxyl groups is 1. The summed E-state index contributed by atoms with van der Waals surface area (Å²) in [5, 5.41) is 30.5. The number of carbonyl (C=O) groups is 2. The Balaban J connectivity index is 1.89. The highest BCUT2D eigenvalue weighted by Gasteiger charge is 2.46. The number of hydrogen-bond donors (Lipinski definition) is 3. The van der Waals surface area contributed by atoms with Crippen molar-refractivity contribution in [1.82, 2.24) is 9.80 Å². The van der Waals surface area contributed by atoms with Crippen molar-refractivity contribution < 1.29 is 29.3 Å². The lowest BCUT2D eigenvalue weighted by Gasteiger charge is -2.46. The van der Waals surface area contributed by atoms with Gasteiger partial charge in [-0.1, -0.05) is 36.4 Å². The number of rotatable bonds is 9. The molecule has 0 saturated carbocycles. The van der Waals surface area contributed by atoms with Gasteiger partial charge in [-0.2, -0.15) is 0 Å². The number of aromatic hydroxyl groups is 2. The SMILES string of the molecule is Cc1c(F)cccc1C1C(C(=O)c2cccc(O)c2)CN(C(CO)CN(C)C)CC1C(=O)c1cccc(O)c1. The monoisotopic (exact) mass is 534 g/mol. The van der Waals surface area contributed by atoms with Crippen LogP contribution in [-0.2, 0) is 0 Å². The summed E-state index contributed by atoms with van der Waals surface area (Å²) >= 11 is 0. The Bertz CT molecular complexity index is 1280. The molecule has 39 heavy (non-hydrogen) atoms. The maximum atomic E-state index is 14.9. The van der Waals surface area contributed by atoms with Crippen molar-refractivity contribution in [3.8, 4) is 11.5 Å². The second-order valence-electron chi connectivity index (χ2n) is 10.6. The minimum absolute atomic E-state index is 0.0553. The van der Waals surface area contributed by atoms with E-state index in [-0.39, 0.29) is 59.9 Å². The molecule has 0 aromatic heterocycles. The molecular weight excluding hydrogens is 499 g/mol. The molecule has 3 N–H and O–H groups in total. The van der Waals surface area contributed by atoms with E-state index in [1.165, 1.54) is 30.3 Å². The van der Waals surface area contributed by atoms with Crippen LogP contribution in [0.4, 0.5) is 4.39 Å². The number of aliphatic hydroxyl groups excluding tert-OH is 1. The Hall–Kier alpha value is -3.59. The highest BCUT2D eigenvalue weighted by molar-refractivity contribution is 6.02. The third-order valence-electron chi connectivity index (χ3n) is 7.64. The first kappa shape index (κ1) is 28.4. The van der Waals surface area contributed by atoms with Crippen LogP contribution in [0.3, 0.4) is 0 Å². The van der Waals surface area contributed by atoms with Crippen LogP contribution in [0.5, 0.6) is 11.5 Å². The summed E-state index contributed by atoms with van der Waals surface area (Å²) in [6.07, 6.45) is 0. The number of likely N-dealkylation sites (N-methyl/N-ethyl adjacent to an activating group) is 1. The number of phenols is 2. The Kier molecular flexibility index (Phi) is 8.80. The quantitative estimate of drug-likeness (QED) is 0.359. The number of phenolic OH excluding ortho intramolecular Hbond substituents is 2. The van der Waals surface area contributed by atoms with Crippen LogP contribution in [-0.4, -0.2) is 83.1 Å². The molecule has 0 spiro atoms. The molecule has 206 valence electrons. The van der Waals surface area contributed by atoms with Gasteiger partial charge < -0.3 is 20.2 Å². The lowest BCUT2D eigenvalue weighted by atomic mass is 9.67. The number of benzene rings is 3. The van der Waals surface area contributed by atoms with Crippen LogP contribution in [0, 0.1) is 24.6 Å². The van der Waals surface area contributed by atoms with Crippen molar-refractivity contribution in [2.45, 2.75) is 18.9 Å². The summed E-state index contributed by atoms with van der Waals surface area (Å²) in [4.78, 5) is 32.1. The molecule has 1 aliphatic rings. The van der Waals surface area contributed by atoms with Crippen molar-refractivity contribution in [1.29, 1.82) is 0 Å². The van der Waals surface area contributed by atoms with Gasteiger partial charge >= 0.3 is 0 Å². The Morgan fingerprint density at radius 1 is 0.923 bits per heavy atom.